The maximum atomic E-state index is 13.0. The van der Waals surface area contributed by atoms with Crippen molar-refractivity contribution in [2.75, 3.05) is 11.4 Å². The standard InChI is InChI=1S/C19H26N2O3S/c1-12-6-3-4-8-17(12)20-25(23,24)15-10-14-7-5-9-21-18(14)16(11-15)13(2)19(21)22/h10-13,17,20H,3-9H2,1-2H3/t12-,13+,17-/m1/s1. The molecule has 0 radical (unpaired) electrons. The van der Waals surface area contributed by atoms with Crippen LogP contribution < -0.4 is 9.62 Å². The van der Waals surface area contributed by atoms with Crippen molar-refractivity contribution in [3.8, 4) is 0 Å². The average molecular weight is 362 g/mol. The minimum atomic E-state index is -3.56. The molecule has 1 aliphatic carbocycles. The van der Waals surface area contributed by atoms with Crippen molar-refractivity contribution in [2.45, 2.75) is 69.2 Å². The van der Waals surface area contributed by atoms with Crippen LogP contribution in [0.5, 0.6) is 0 Å². The van der Waals surface area contributed by atoms with E-state index in [0.29, 0.717) is 10.8 Å². The Labute approximate surface area is 149 Å². The van der Waals surface area contributed by atoms with Gasteiger partial charge in [-0.15, -0.1) is 0 Å². The second-order valence-corrected chi connectivity index (χ2v) is 9.54. The van der Waals surface area contributed by atoms with Gasteiger partial charge in [0, 0.05) is 12.6 Å². The number of hydrogen-bond acceptors (Lipinski definition) is 3. The Balaban J connectivity index is 1.71. The van der Waals surface area contributed by atoms with E-state index in [0.717, 1.165) is 55.5 Å². The highest BCUT2D eigenvalue weighted by Crippen LogP contribution is 2.44. The normalized spacial score (nSPS) is 29.0. The molecule has 2 aliphatic heterocycles. The lowest BCUT2D eigenvalue weighted by atomic mass is 9.87. The van der Waals surface area contributed by atoms with Crippen LogP contribution in [0.2, 0.25) is 0 Å². The number of hydrogen-bond donors (Lipinski definition) is 1. The van der Waals surface area contributed by atoms with Crippen molar-refractivity contribution < 1.29 is 13.2 Å². The minimum Gasteiger partial charge on any atom is -0.311 e. The van der Waals surface area contributed by atoms with E-state index in [4.69, 9.17) is 0 Å². The number of rotatable bonds is 3. The number of sulfonamides is 1. The van der Waals surface area contributed by atoms with Gasteiger partial charge in [-0.05, 0) is 61.8 Å². The zero-order chi connectivity index (χ0) is 17.8. The summed E-state index contributed by atoms with van der Waals surface area (Å²) < 4.78 is 28.9. The molecule has 1 aromatic rings. The van der Waals surface area contributed by atoms with E-state index < -0.39 is 10.0 Å². The Morgan fingerprint density at radius 2 is 1.88 bits per heavy atom. The highest BCUT2D eigenvalue weighted by molar-refractivity contribution is 7.89. The van der Waals surface area contributed by atoms with Crippen LogP contribution in [0.25, 0.3) is 0 Å². The number of carbonyl (C=O) groups is 1. The van der Waals surface area contributed by atoms with Gasteiger partial charge in [-0.3, -0.25) is 4.79 Å². The third-order valence-electron chi connectivity index (χ3n) is 6.12. The van der Waals surface area contributed by atoms with Crippen LogP contribution in [-0.4, -0.2) is 26.9 Å². The topological polar surface area (TPSA) is 66.5 Å². The lowest BCUT2D eigenvalue weighted by molar-refractivity contribution is -0.119. The molecule has 0 unspecified atom stereocenters. The summed E-state index contributed by atoms with van der Waals surface area (Å²) >= 11 is 0. The predicted octanol–water partition coefficient (Wildman–Crippen LogP) is 2.94. The molecule has 0 spiro atoms. The molecule has 136 valence electrons. The Morgan fingerprint density at radius 3 is 2.64 bits per heavy atom. The number of carbonyl (C=O) groups excluding carboxylic acids is 1. The fourth-order valence-corrected chi connectivity index (χ4v) is 6.04. The van der Waals surface area contributed by atoms with Gasteiger partial charge in [0.25, 0.3) is 0 Å². The quantitative estimate of drug-likeness (QED) is 0.899. The van der Waals surface area contributed by atoms with Gasteiger partial charge in [0.2, 0.25) is 15.9 Å². The van der Waals surface area contributed by atoms with Gasteiger partial charge in [-0.2, -0.15) is 0 Å². The fourth-order valence-electron chi connectivity index (χ4n) is 4.58. The molecule has 25 heavy (non-hydrogen) atoms. The zero-order valence-corrected chi connectivity index (χ0v) is 15.7. The third kappa shape index (κ3) is 2.79. The number of anilines is 1. The van der Waals surface area contributed by atoms with Gasteiger partial charge >= 0.3 is 0 Å². The van der Waals surface area contributed by atoms with Crippen molar-refractivity contribution in [1.29, 1.82) is 0 Å². The molecule has 4 rings (SSSR count). The van der Waals surface area contributed by atoms with Gasteiger partial charge in [0.05, 0.1) is 16.5 Å². The molecular weight excluding hydrogens is 336 g/mol. The maximum absolute atomic E-state index is 13.0. The summed E-state index contributed by atoms with van der Waals surface area (Å²) in [5.41, 5.74) is 2.84. The molecule has 3 atom stereocenters. The van der Waals surface area contributed by atoms with E-state index in [1.54, 1.807) is 12.1 Å². The summed E-state index contributed by atoms with van der Waals surface area (Å²) in [6, 6.07) is 3.52. The van der Waals surface area contributed by atoms with Crippen LogP contribution in [0, 0.1) is 5.92 Å². The number of amides is 1. The van der Waals surface area contributed by atoms with Crippen molar-refractivity contribution in [1.82, 2.24) is 4.72 Å². The van der Waals surface area contributed by atoms with E-state index in [1.165, 1.54) is 6.42 Å². The molecule has 6 heteroatoms. The van der Waals surface area contributed by atoms with Crippen molar-refractivity contribution in [3.63, 3.8) is 0 Å². The lowest BCUT2D eigenvalue weighted by Crippen LogP contribution is -2.41. The first kappa shape index (κ1) is 17.0. The first-order chi connectivity index (χ1) is 11.9. The predicted molar refractivity (Wildman–Crippen MR) is 97.3 cm³/mol. The molecule has 1 N–H and O–H groups in total. The molecule has 0 bridgehead atoms. The van der Waals surface area contributed by atoms with Crippen LogP contribution in [0.4, 0.5) is 5.69 Å². The summed E-state index contributed by atoms with van der Waals surface area (Å²) in [6.45, 7) is 4.74. The molecule has 0 aromatic heterocycles. The monoisotopic (exact) mass is 362 g/mol. The van der Waals surface area contributed by atoms with Crippen molar-refractivity contribution in [3.05, 3.63) is 23.3 Å². The number of aryl methyl sites for hydroxylation is 1. The van der Waals surface area contributed by atoms with E-state index in [9.17, 15) is 13.2 Å². The van der Waals surface area contributed by atoms with E-state index in [2.05, 4.69) is 11.6 Å². The van der Waals surface area contributed by atoms with Gasteiger partial charge in [0.15, 0.2) is 0 Å². The number of benzene rings is 1. The highest BCUT2D eigenvalue weighted by Gasteiger charge is 2.39. The summed E-state index contributed by atoms with van der Waals surface area (Å²) in [6.07, 6.45) is 5.96. The average Bonchev–Trinajstić information content (AvgIpc) is 2.84. The molecular formula is C19H26N2O3S. The first-order valence-corrected chi connectivity index (χ1v) is 10.9. The third-order valence-corrected chi connectivity index (χ3v) is 7.59. The van der Waals surface area contributed by atoms with Crippen LogP contribution in [0.1, 0.15) is 63.0 Å². The summed E-state index contributed by atoms with van der Waals surface area (Å²) in [4.78, 5) is 14.6. The second-order valence-electron chi connectivity index (χ2n) is 7.82. The Bertz CT molecular complexity index is 818. The van der Waals surface area contributed by atoms with Gasteiger partial charge in [-0.1, -0.05) is 19.8 Å². The van der Waals surface area contributed by atoms with Gasteiger partial charge < -0.3 is 4.90 Å². The largest absolute Gasteiger partial charge is 0.311 e. The smallest absolute Gasteiger partial charge is 0.240 e. The van der Waals surface area contributed by atoms with Crippen LogP contribution in [0.3, 0.4) is 0 Å². The Morgan fingerprint density at radius 1 is 1.12 bits per heavy atom. The summed E-state index contributed by atoms with van der Waals surface area (Å²) in [7, 11) is -3.56. The molecule has 1 saturated carbocycles. The molecule has 5 nitrogen and oxygen atoms in total. The minimum absolute atomic E-state index is 0.0129. The van der Waals surface area contributed by atoms with E-state index in [-0.39, 0.29) is 17.9 Å². The summed E-state index contributed by atoms with van der Waals surface area (Å²) in [5.74, 6) is 0.210. The van der Waals surface area contributed by atoms with Crippen LogP contribution in [0.15, 0.2) is 17.0 Å². The molecule has 1 amide bonds. The fraction of sp³-hybridized carbons (Fsp3) is 0.632. The SMILES string of the molecule is C[C@@H]1C(=O)N2CCCc3cc(S(=O)(=O)N[C@@H]4CCCC[C@H]4C)cc1c32. The van der Waals surface area contributed by atoms with E-state index >= 15 is 0 Å². The van der Waals surface area contributed by atoms with E-state index in [1.807, 2.05) is 11.8 Å². The molecule has 0 saturated heterocycles. The number of nitrogens with zero attached hydrogens (tertiary/aromatic N) is 1. The van der Waals surface area contributed by atoms with Crippen molar-refractivity contribution in [2.24, 2.45) is 5.92 Å². The molecule has 1 fully saturated rings. The van der Waals surface area contributed by atoms with Crippen LogP contribution in [-0.2, 0) is 21.2 Å². The van der Waals surface area contributed by atoms with Crippen LogP contribution >= 0.6 is 0 Å². The molecule has 1 aromatic carbocycles. The van der Waals surface area contributed by atoms with Crippen molar-refractivity contribution >= 4 is 21.6 Å². The highest BCUT2D eigenvalue weighted by atomic mass is 32.2. The second kappa shape index (κ2) is 6.09. The number of nitrogens with one attached hydrogen (secondary N) is 1. The van der Waals surface area contributed by atoms with Gasteiger partial charge in [0.1, 0.15) is 0 Å². The van der Waals surface area contributed by atoms with Gasteiger partial charge in [-0.25, -0.2) is 13.1 Å². The Kier molecular flexibility index (Phi) is 4.15. The maximum Gasteiger partial charge on any atom is 0.240 e. The zero-order valence-electron chi connectivity index (χ0n) is 14.9. The molecule has 2 heterocycles. The molecule has 3 aliphatic rings. The summed E-state index contributed by atoms with van der Waals surface area (Å²) in [5, 5.41) is 0. The Hall–Kier alpha value is -1.40. The lowest BCUT2D eigenvalue weighted by Gasteiger charge is -2.30. The first-order valence-electron chi connectivity index (χ1n) is 9.39.